The number of aromatic nitrogens is 4. The Hall–Kier alpha value is -1.63. The van der Waals surface area contributed by atoms with Crippen LogP contribution in [0.3, 0.4) is 0 Å². The Morgan fingerprint density at radius 2 is 2.05 bits per heavy atom. The summed E-state index contributed by atoms with van der Waals surface area (Å²) in [6.45, 7) is 0. The van der Waals surface area contributed by atoms with Gasteiger partial charge in [0, 0.05) is 31.3 Å². The fraction of sp³-hybridized carbons (Fsp3) is 0.364. The fourth-order valence-electron chi connectivity index (χ4n) is 1.53. The number of nitrogens with zero attached hydrogens (tertiary/aromatic N) is 4. The first kappa shape index (κ1) is 13.8. The molecule has 0 amide bonds. The van der Waals surface area contributed by atoms with Crippen molar-refractivity contribution >= 4 is 11.6 Å². The molecule has 0 N–H and O–H groups in total. The van der Waals surface area contributed by atoms with E-state index in [2.05, 4.69) is 15.1 Å². The van der Waals surface area contributed by atoms with E-state index < -0.39 is 12.6 Å². The highest BCUT2D eigenvalue weighted by atomic mass is 35.5. The Morgan fingerprint density at radius 1 is 1.32 bits per heavy atom. The van der Waals surface area contributed by atoms with Crippen molar-refractivity contribution in [2.45, 2.75) is 19.0 Å². The SMILES string of the molecule is Cn1cc(-c2cc(Cl)nc(CCC(F)(F)F)n2)cn1. The van der Waals surface area contributed by atoms with Crippen LogP contribution in [0, 0.1) is 0 Å². The highest BCUT2D eigenvalue weighted by Crippen LogP contribution is 2.23. The van der Waals surface area contributed by atoms with Crippen LogP contribution in [0.5, 0.6) is 0 Å². The van der Waals surface area contributed by atoms with E-state index in [1.54, 1.807) is 24.1 Å². The van der Waals surface area contributed by atoms with E-state index in [1.165, 1.54) is 6.07 Å². The summed E-state index contributed by atoms with van der Waals surface area (Å²) in [4.78, 5) is 7.87. The van der Waals surface area contributed by atoms with Crippen molar-refractivity contribution in [1.82, 2.24) is 19.7 Å². The Balaban J connectivity index is 2.25. The van der Waals surface area contributed by atoms with Gasteiger partial charge in [0.15, 0.2) is 0 Å². The van der Waals surface area contributed by atoms with Gasteiger partial charge in [-0.2, -0.15) is 18.3 Å². The number of hydrogen-bond donors (Lipinski definition) is 0. The number of hydrogen-bond acceptors (Lipinski definition) is 3. The van der Waals surface area contributed by atoms with E-state index in [0.717, 1.165) is 0 Å². The van der Waals surface area contributed by atoms with Crippen molar-refractivity contribution < 1.29 is 13.2 Å². The number of rotatable bonds is 3. The Bertz CT molecular complexity index is 580. The normalized spacial score (nSPS) is 11.8. The van der Waals surface area contributed by atoms with E-state index in [4.69, 9.17) is 11.6 Å². The van der Waals surface area contributed by atoms with Gasteiger partial charge in [-0.15, -0.1) is 0 Å². The van der Waals surface area contributed by atoms with Gasteiger partial charge in [-0.3, -0.25) is 4.68 Å². The number of aryl methyl sites for hydroxylation is 2. The van der Waals surface area contributed by atoms with Gasteiger partial charge in [0.25, 0.3) is 0 Å². The Morgan fingerprint density at radius 3 is 2.63 bits per heavy atom. The molecule has 0 aliphatic carbocycles. The smallest absolute Gasteiger partial charge is 0.275 e. The van der Waals surface area contributed by atoms with Crippen LogP contribution in [0.2, 0.25) is 5.15 Å². The summed E-state index contributed by atoms with van der Waals surface area (Å²) in [5, 5.41) is 4.09. The van der Waals surface area contributed by atoms with E-state index in [9.17, 15) is 13.2 Å². The zero-order chi connectivity index (χ0) is 14.0. The minimum absolute atomic E-state index is 0.0729. The molecule has 2 aromatic heterocycles. The fourth-order valence-corrected chi connectivity index (χ4v) is 1.73. The summed E-state index contributed by atoms with van der Waals surface area (Å²) >= 11 is 5.80. The second-order valence-electron chi connectivity index (χ2n) is 4.01. The van der Waals surface area contributed by atoms with Gasteiger partial charge in [-0.1, -0.05) is 11.6 Å². The van der Waals surface area contributed by atoms with Gasteiger partial charge in [-0.05, 0) is 0 Å². The molecule has 0 aliphatic rings. The third-order valence-corrected chi connectivity index (χ3v) is 2.57. The molecule has 0 atom stereocenters. The average molecular weight is 291 g/mol. The highest BCUT2D eigenvalue weighted by Gasteiger charge is 2.27. The van der Waals surface area contributed by atoms with Crippen LogP contribution >= 0.6 is 11.6 Å². The van der Waals surface area contributed by atoms with E-state index in [-0.39, 0.29) is 17.4 Å². The predicted molar refractivity (Wildman–Crippen MR) is 63.6 cm³/mol. The first-order chi connectivity index (χ1) is 8.83. The molecule has 0 fully saturated rings. The van der Waals surface area contributed by atoms with Crippen LogP contribution in [0.25, 0.3) is 11.3 Å². The molecule has 0 spiro atoms. The third-order valence-electron chi connectivity index (χ3n) is 2.37. The second-order valence-corrected chi connectivity index (χ2v) is 4.40. The van der Waals surface area contributed by atoms with Crippen molar-refractivity contribution in [3.05, 3.63) is 29.4 Å². The van der Waals surface area contributed by atoms with Gasteiger partial charge in [0.05, 0.1) is 18.3 Å². The van der Waals surface area contributed by atoms with Crippen molar-refractivity contribution in [2.75, 3.05) is 0 Å². The highest BCUT2D eigenvalue weighted by molar-refractivity contribution is 6.29. The zero-order valence-electron chi connectivity index (χ0n) is 9.95. The molecule has 0 aliphatic heterocycles. The monoisotopic (exact) mass is 290 g/mol. The molecule has 102 valence electrons. The molecular weight excluding hydrogens is 281 g/mol. The molecule has 0 radical (unpaired) electrons. The van der Waals surface area contributed by atoms with E-state index in [0.29, 0.717) is 11.3 Å². The lowest BCUT2D eigenvalue weighted by Gasteiger charge is -2.06. The summed E-state index contributed by atoms with van der Waals surface area (Å²) in [6.07, 6.45) is -2.24. The Labute approximate surface area is 112 Å². The molecular formula is C11H10ClF3N4. The first-order valence-corrected chi connectivity index (χ1v) is 5.80. The molecule has 4 nitrogen and oxygen atoms in total. The second kappa shape index (κ2) is 5.16. The lowest BCUT2D eigenvalue weighted by atomic mass is 10.2. The third kappa shape index (κ3) is 3.92. The molecule has 0 saturated carbocycles. The predicted octanol–water partition coefficient (Wildman–Crippen LogP) is 3.03. The minimum Gasteiger partial charge on any atom is -0.275 e. The van der Waals surface area contributed by atoms with E-state index in [1.807, 2.05) is 0 Å². The molecule has 19 heavy (non-hydrogen) atoms. The van der Waals surface area contributed by atoms with Crippen LogP contribution in [0.1, 0.15) is 12.2 Å². The standard InChI is InChI=1S/C11H10ClF3N4/c1-19-6-7(5-16-19)8-4-9(12)18-10(17-8)2-3-11(13,14)15/h4-6H,2-3H2,1H3. The van der Waals surface area contributed by atoms with Crippen molar-refractivity contribution in [3.8, 4) is 11.3 Å². The molecule has 8 heteroatoms. The Kier molecular flexibility index (Phi) is 3.75. The van der Waals surface area contributed by atoms with Gasteiger partial charge in [0.1, 0.15) is 11.0 Å². The van der Waals surface area contributed by atoms with Gasteiger partial charge < -0.3 is 0 Å². The lowest BCUT2D eigenvalue weighted by Crippen LogP contribution is -2.10. The quantitative estimate of drug-likeness (QED) is 0.816. The van der Waals surface area contributed by atoms with Gasteiger partial charge in [-0.25, -0.2) is 9.97 Å². The van der Waals surface area contributed by atoms with Crippen LogP contribution in [-0.2, 0) is 13.5 Å². The average Bonchev–Trinajstić information content (AvgIpc) is 2.72. The van der Waals surface area contributed by atoms with Crippen molar-refractivity contribution in [2.24, 2.45) is 7.05 Å². The summed E-state index contributed by atoms with van der Waals surface area (Å²) in [5.74, 6) is 0.0729. The van der Waals surface area contributed by atoms with Gasteiger partial charge >= 0.3 is 6.18 Å². The maximum Gasteiger partial charge on any atom is 0.389 e. The minimum atomic E-state index is -4.24. The summed E-state index contributed by atoms with van der Waals surface area (Å²) in [7, 11) is 1.73. The largest absolute Gasteiger partial charge is 0.389 e. The molecule has 2 heterocycles. The summed E-state index contributed by atoms with van der Waals surface area (Å²) in [5.41, 5.74) is 1.14. The lowest BCUT2D eigenvalue weighted by molar-refractivity contribution is -0.134. The van der Waals surface area contributed by atoms with Crippen LogP contribution in [0.4, 0.5) is 13.2 Å². The maximum absolute atomic E-state index is 12.2. The topological polar surface area (TPSA) is 43.6 Å². The molecule has 0 aromatic carbocycles. The summed E-state index contributed by atoms with van der Waals surface area (Å²) in [6, 6.07) is 1.50. The number of alkyl halides is 3. The van der Waals surface area contributed by atoms with Gasteiger partial charge in [0.2, 0.25) is 0 Å². The molecule has 0 saturated heterocycles. The zero-order valence-corrected chi connectivity index (χ0v) is 10.7. The van der Waals surface area contributed by atoms with Crippen molar-refractivity contribution in [1.29, 1.82) is 0 Å². The molecule has 2 aromatic rings. The van der Waals surface area contributed by atoms with E-state index >= 15 is 0 Å². The van der Waals surface area contributed by atoms with Crippen LogP contribution in [0.15, 0.2) is 18.5 Å². The number of halogens is 4. The van der Waals surface area contributed by atoms with Crippen molar-refractivity contribution in [3.63, 3.8) is 0 Å². The first-order valence-electron chi connectivity index (χ1n) is 5.43. The maximum atomic E-state index is 12.2. The van der Waals surface area contributed by atoms with Crippen LogP contribution < -0.4 is 0 Å². The molecule has 2 rings (SSSR count). The molecule has 0 bridgehead atoms. The summed E-state index contributed by atoms with van der Waals surface area (Å²) < 4.78 is 38.1. The molecule has 0 unspecified atom stereocenters. The van der Waals surface area contributed by atoms with Crippen LogP contribution in [-0.4, -0.2) is 25.9 Å².